The number of rotatable bonds is 2. The molecule has 3 heteroatoms. The Labute approximate surface area is 96.5 Å². The lowest BCUT2D eigenvalue weighted by atomic mass is 9.87. The zero-order chi connectivity index (χ0) is 11.6. The maximum Gasteiger partial charge on any atom is 0.144 e. The van der Waals surface area contributed by atoms with Crippen molar-refractivity contribution in [1.82, 2.24) is 4.98 Å². The zero-order valence-corrected chi connectivity index (χ0v) is 9.83. The van der Waals surface area contributed by atoms with Crippen LogP contribution < -0.4 is 5.32 Å². The van der Waals surface area contributed by atoms with Crippen molar-refractivity contribution in [2.45, 2.75) is 39.2 Å². The molecule has 1 unspecified atom stereocenters. The molecule has 1 aromatic rings. The van der Waals surface area contributed by atoms with Crippen LogP contribution in [0.2, 0.25) is 0 Å². The standard InChI is InChI=1S/C13H17N3/c1-13(2)7-3-6-11(13)16-12-10(9-14)5-4-8-15-12/h4-5,8,11H,3,6-7H2,1-2H3,(H,15,16). The minimum absolute atomic E-state index is 0.296. The van der Waals surface area contributed by atoms with Crippen LogP contribution in [-0.2, 0) is 0 Å². The van der Waals surface area contributed by atoms with Crippen LogP contribution in [-0.4, -0.2) is 11.0 Å². The summed E-state index contributed by atoms with van der Waals surface area (Å²) in [7, 11) is 0. The second kappa shape index (κ2) is 4.13. The van der Waals surface area contributed by atoms with Gasteiger partial charge >= 0.3 is 0 Å². The van der Waals surface area contributed by atoms with Crippen molar-refractivity contribution < 1.29 is 0 Å². The van der Waals surface area contributed by atoms with Crippen LogP contribution in [0.4, 0.5) is 5.82 Å². The van der Waals surface area contributed by atoms with Gasteiger partial charge in [0.15, 0.2) is 0 Å². The van der Waals surface area contributed by atoms with Gasteiger partial charge in [-0.2, -0.15) is 5.26 Å². The highest BCUT2D eigenvalue weighted by atomic mass is 15.0. The maximum absolute atomic E-state index is 8.99. The normalized spacial score (nSPS) is 22.7. The molecule has 0 radical (unpaired) electrons. The first-order chi connectivity index (χ1) is 7.63. The minimum atomic E-state index is 0.296. The molecule has 1 heterocycles. The fraction of sp³-hybridized carbons (Fsp3) is 0.538. The monoisotopic (exact) mass is 215 g/mol. The molecule has 0 aliphatic heterocycles. The number of hydrogen-bond donors (Lipinski definition) is 1. The van der Waals surface area contributed by atoms with Gasteiger partial charge in [0.05, 0.1) is 5.56 Å². The first-order valence-corrected chi connectivity index (χ1v) is 5.75. The van der Waals surface area contributed by atoms with Gasteiger partial charge < -0.3 is 5.32 Å². The SMILES string of the molecule is CC1(C)CCCC1Nc1ncccc1C#N. The topological polar surface area (TPSA) is 48.7 Å². The fourth-order valence-corrected chi connectivity index (χ4v) is 2.37. The largest absolute Gasteiger partial charge is 0.366 e. The lowest BCUT2D eigenvalue weighted by Gasteiger charge is -2.28. The van der Waals surface area contributed by atoms with Gasteiger partial charge in [0.25, 0.3) is 0 Å². The van der Waals surface area contributed by atoms with Gasteiger partial charge in [-0.05, 0) is 30.4 Å². The zero-order valence-electron chi connectivity index (χ0n) is 9.83. The van der Waals surface area contributed by atoms with Gasteiger partial charge in [-0.15, -0.1) is 0 Å². The smallest absolute Gasteiger partial charge is 0.144 e. The molecule has 0 spiro atoms. The maximum atomic E-state index is 8.99. The van der Waals surface area contributed by atoms with Crippen molar-refractivity contribution in [1.29, 1.82) is 5.26 Å². The molecule has 0 amide bonds. The third-order valence-corrected chi connectivity index (χ3v) is 3.50. The molecule has 3 nitrogen and oxygen atoms in total. The first kappa shape index (κ1) is 10.9. The van der Waals surface area contributed by atoms with Crippen LogP contribution in [0.25, 0.3) is 0 Å². The molecule has 0 aromatic carbocycles. The second-order valence-corrected chi connectivity index (χ2v) is 5.09. The van der Waals surface area contributed by atoms with Crippen molar-refractivity contribution in [3.05, 3.63) is 23.9 Å². The van der Waals surface area contributed by atoms with E-state index in [2.05, 4.69) is 30.2 Å². The third kappa shape index (κ3) is 2.01. The van der Waals surface area contributed by atoms with Crippen LogP contribution in [0.15, 0.2) is 18.3 Å². The fourth-order valence-electron chi connectivity index (χ4n) is 2.37. The van der Waals surface area contributed by atoms with Crippen LogP contribution >= 0.6 is 0 Å². The summed E-state index contributed by atoms with van der Waals surface area (Å²) in [5.41, 5.74) is 0.926. The van der Waals surface area contributed by atoms with Crippen LogP contribution in [0.3, 0.4) is 0 Å². The molecule has 1 atom stereocenters. The quantitative estimate of drug-likeness (QED) is 0.825. The minimum Gasteiger partial charge on any atom is -0.366 e. The Morgan fingerprint density at radius 2 is 2.38 bits per heavy atom. The lowest BCUT2D eigenvalue weighted by Crippen LogP contribution is -2.31. The average Bonchev–Trinajstić information content (AvgIpc) is 2.59. The van der Waals surface area contributed by atoms with Crippen molar-refractivity contribution >= 4 is 5.82 Å². The number of nitriles is 1. The van der Waals surface area contributed by atoms with Crippen molar-refractivity contribution in [2.24, 2.45) is 5.41 Å². The lowest BCUT2D eigenvalue weighted by molar-refractivity contribution is 0.349. The molecule has 1 N–H and O–H groups in total. The molecule has 0 bridgehead atoms. The highest BCUT2D eigenvalue weighted by molar-refractivity contribution is 5.52. The number of pyridine rings is 1. The molecular weight excluding hydrogens is 198 g/mol. The van der Waals surface area contributed by atoms with Gasteiger partial charge in [0.1, 0.15) is 11.9 Å². The van der Waals surface area contributed by atoms with E-state index in [9.17, 15) is 0 Å². The van der Waals surface area contributed by atoms with Crippen molar-refractivity contribution in [3.8, 4) is 6.07 Å². The first-order valence-electron chi connectivity index (χ1n) is 5.75. The summed E-state index contributed by atoms with van der Waals surface area (Å²) in [5.74, 6) is 0.727. The second-order valence-electron chi connectivity index (χ2n) is 5.09. The van der Waals surface area contributed by atoms with Gasteiger partial charge in [-0.25, -0.2) is 4.98 Å². The Bertz CT molecular complexity index is 417. The summed E-state index contributed by atoms with van der Waals surface area (Å²) in [6.07, 6.45) is 5.37. The highest BCUT2D eigenvalue weighted by Crippen LogP contribution is 2.38. The van der Waals surface area contributed by atoms with Crippen LogP contribution in [0.1, 0.15) is 38.7 Å². The van der Waals surface area contributed by atoms with E-state index in [0.717, 1.165) is 12.2 Å². The van der Waals surface area contributed by atoms with Gasteiger partial charge in [0, 0.05) is 12.2 Å². The summed E-state index contributed by atoms with van der Waals surface area (Å²) >= 11 is 0. The summed E-state index contributed by atoms with van der Waals surface area (Å²) in [5, 5.41) is 12.4. The molecule has 1 aromatic heterocycles. The molecule has 1 fully saturated rings. The van der Waals surface area contributed by atoms with Crippen LogP contribution in [0, 0.1) is 16.7 Å². The Hall–Kier alpha value is -1.56. The number of nitrogens with zero attached hydrogens (tertiary/aromatic N) is 2. The Morgan fingerprint density at radius 1 is 1.56 bits per heavy atom. The Kier molecular flexibility index (Phi) is 2.82. The molecule has 16 heavy (non-hydrogen) atoms. The van der Waals surface area contributed by atoms with Crippen LogP contribution in [0.5, 0.6) is 0 Å². The third-order valence-electron chi connectivity index (χ3n) is 3.50. The van der Waals surface area contributed by atoms with E-state index in [4.69, 9.17) is 5.26 Å². The number of hydrogen-bond acceptors (Lipinski definition) is 3. The molecule has 1 aliphatic rings. The molecule has 0 saturated heterocycles. The van der Waals surface area contributed by atoms with E-state index >= 15 is 0 Å². The Morgan fingerprint density at radius 3 is 3.00 bits per heavy atom. The van der Waals surface area contributed by atoms with E-state index < -0.39 is 0 Å². The molecule has 1 aliphatic carbocycles. The molecule has 2 rings (SSSR count). The van der Waals surface area contributed by atoms with E-state index in [1.54, 1.807) is 18.3 Å². The number of aromatic nitrogens is 1. The summed E-state index contributed by atoms with van der Waals surface area (Å²) in [4.78, 5) is 4.24. The summed E-state index contributed by atoms with van der Waals surface area (Å²) in [6, 6.07) is 6.20. The van der Waals surface area contributed by atoms with Gasteiger partial charge in [-0.1, -0.05) is 20.3 Å². The van der Waals surface area contributed by atoms with Crippen molar-refractivity contribution in [2.75, 3.05) is 5.32 Å². The average molecular weight is 215 g/mol. The Balaban J connectivity index is 2.18. The molecular formula is C13H17N3. The van der Waals surface area contributed by atoms with Crippen molar-refractivity contribution in [3.63, 3.8) is 0 Å². The van der Waals surface area contributed by atoms with Gasteiger partial charge in [0.2, 0.25) is 0 Å². The van der Waals surface area contributed by atoms with E-state index in [1.165, 1.54) is 12.8 Å². The van der Waals surface area contributed by atoms with Gasteiger partial charge in [-0.3, -0.25) is 0 Å². The number of anilines is 1. The summed E-state index contributed by atoms with van der Waals surface area (Å²) < 4.78 is 0. The predicted molar refractivity (Wildman–Crippen MR) is 64.0 cm³/mol. The predicted octanol–water partition coefficient (Wildman–Crippen LogP) is 2.94. The molecule has 1 saturated carbocycles. The number of nitrogens with one attached hydrogen (secondary N) is 1. The highest BCUT2D eigenvalue weighted by Gasteiger charge is 2.34. The molecule has 84 valence electrons. The summed E-state index contributed by atoms with van der Waals surface area (Å²) in [6.45, 7) is 4.54. The van der Waals surface area contributed by atoms with E-state index in [1.807, 2.05) is 0 Å². The van der Waals surface area contributed by atoms with E-state index in [0.29, 0.717) is 17.0 Å². The van der Waals surface area contributed by atoms with E-state index in [-0.39, 0.29) is 0 Å².